The van der Waals surface area contributed by atoms with Gasteiger partial charge in [0.15, 0.2) is 0 Å². The minimum Gasteiger partial charge on any atom is -0.491 e. The third kappa shape index (κ3) is 4.07. The molecule has 5 heteroatoms. The zero-order valence-electron chi connectivity index (χ0n) is 8.65. The summed E-state index contributed by atoms with van der Waals surface area (Å²) in [5.74, 6) is 0.594. The van der Waals surface area contributed by atoms with E-state index in [2.05, 4.69) is 0 Å². The number of rotatable bonds is 6. The Labute approximate surface area is 99.0 Å². The molecule has 0 bridgehead atoms. The molecular weight excluding hydrogens is 230 g/mol. The van der Waals surface area contributed by atoms with E-state index in [-0.39, 0.29) is 6.61 Å². The van der Waals surface area contributed by atoms with E-state index in [9.17, 15) is 0 Å². The van der Waals surface area contributed by atoms with Gasteiger partial charge >= 0.3 is 0 Å². The Morgan fingerprint density at radius 3 is 2.75 bits per heavy atom. The lowest BCUT2D eigenvalue weighted by atomic mass is 10.2. The molecule has 0 unspecified atom stereocenters. The quantitative estimate of drug-likeness (QED) is 0.769. The summed E-state index contributed by atoms with van der Waals surface area (Å²) in [6, 6.07) is 6.84. The van der Waals surface area contributed by atoms with Gasteiger partial charge in [0, 0.05) is 6.07 Å². The van der Waals surface area contributed by atoms with Crippen LogP contribution in [0.5, 0.6) is 5.75 Å². The molecule has 0 amide bonds. The molecule has 0 heterocycles. The van der Waals surface area contributed by atoms with Crippen LogP contribution in [0.3, 0.4) is 0 Å². The van der Waals surface area contributed by atoms with E-state index in [1.807, 2.05) is 6.07 Å². The van der Waals surface area contributed by atoms with Crippen molar-refractivity contribution in [3.63, 3.8) is 0 Å². The van der Waals surface area contributed by atoms with Crippen LogP contribution in [0.2, 0.25) is 5.02 Å². The number of hydrogen-bond acceptors (Lipinski definition) is 4. The van der Waals surface area contributed by atoms with Crippen LogP contribution in [0.15, 0.2) is 18.2 Å². The van der Waals surface area contributed by atoms with Crippen molar-refractivity contribution >= 4 is 11.6 Å². The highest BCUT2D eigenvalue weighted by Gasteiger charge is 2.01. The van der Waals surface area contributed by atoms with Crippen LogP contribution in [0.1, 0.15) is 5.56 Å². The third-order valence-corrected chi connectivity index (χ3v) is 2.11. The zero-order chi connectivity index (χ0) is 11.8. The van der Waals surface area contributed by atoms with Crippen LogP contribution in [0.25, 0.3) is 0 Å². The van der Waals surface area contributed by atoms with E-state index in [4.69, 9.17) is 31.4 Å². The highest BCUT2D eigenvalue weighted by Crippen LogP contribution is 2.21. The van der Waals surface area contributed by atoms with Crippen molar-refractivity contribution in [2.24, 2.45) is 0 Å². The molecule has 1 N–H and O–H groups in total. The first-order chi connectivity index (χ1) is 7.77. The number of benzene rings is 1. The molecule has 1 rings (SSSR count). The molecule has 0 saturated carbocycles. The van der Waals surface area contributed by atoms with Gasteiger partial charge in [0.1, 0.15) is 18.4 Å². The molecule has 1 aromatic rings. The van der Waals surface area contributed by atoms with E-state index in [1.54, 1.807) is 18.2 Å². The fourth-order valence-electron chi connectivity index (χ4n) is 1.06. The summed E-state index contributed by atoms with van der Waals surface area (Å²) in [7, 11) is 0. The number of nitriles is 1. The summed E-state index contributed by atoms with van der Waals surface area (Å²) in [6.45, 7) is 1.08. The predicted octanol–water partition coefficient (Wildman–Crippen LogP) is 1.60. The first kappa shape index (κ1) is 12.8. The van der Waals surface area contributed by atoms with Gasteiger partial charge in [-0.3, -0.25) is 0 Å². The van der Waals surface area contributed by atoms with Gasteiger partial charge in [0.05, 0.1) is 30.4 Å². The second-order valence-electron chi connectivity index (χ2n) is 2.94. The lowest BCUT2D eigenvalue weighted by molar-refractivity contribution is 0.0705. The number of ether oxygens (including phenoxy) is 2. The Kier molecular flexibility index (Phi) is 5.65. The second-order valence-corrected chi connectivity index (χ2v) is 3.35. The first-order valence-corrected chi connectivity index (χ1v) is 5.16. The number of hydrogen-bond donors (Lipinski definition) is 1. The Balaban J connectivity index is 2.38. The Bertz CT molecular complexity index is 376. The van der Waals surface area contributed by atoms with Gasteiger partial charge < -0.3 is 14.6 Å². The number of halogens is 1. The second kappa shape index (κ2) is 7.07. The molecule has 0 aromatic heterocycles. The fourth-order valence-corrected chi connectivity index (χ4v) is 1.27. The molecule has 0 spiro atoms. The van der Waals surface area contributed by atoms with Gasteiger partial charge in [0.2, 0.25) is 0 Å². The first-order valence-electron chi connectivity index (χ1n) is 4.79. The van der Waals surface area contributed by atoms with Gasteiger partial charge in [-0.2, -0.15) is 5.26 Å². The van der Waals surface area contributed by atoms with Gasteiger partial charge in [-0.25, -0.2) is 0 Å². The van der Waals surface area contributed by atoms with Crippen molar-refractivity contribution in [1.82, 2.24) is 0 Å². The van der Waals surface area contributed by atoms with Crippen molar-refractivity contribution in [3.8, 4) is 11.8 Å². The summed E-state index contributed by atoms with van der Waals surface area (Å²) in [5, 5.41) is 17.5. The number of aliphatic hydroxyl groups is 1. The predicted molar refractivity (Wildman–Crippen MR) is 59.6 cm³/mol. The molecule has 16 heavy (non-hydrogen) atoms. The highest BCUT2D eigenvalue weighted by atomic mass is 35.5. The molecule has 86 valence electrons. The minimum absolute atomic E-state index is 0.00267. The van der Waals surface area contributed by atoms with Crippen LogP contribution in [0, 0.1) is 11.3 Å². The van der Waals surface area contributed by atoms with E-state index in [0.717, 1.165) is 0 Å². The van der Waals surface area contributed by atoms with Gasteiger partial charge in [0.25, 0.3) is 0 Å². The van der Waals surface area contributed by atoms with Crippen LogP contribution in [-0.4, -0.2) is 31.5 Å². The average Bonchev–Trinajstić information content (AvgIpc) is 2.29. The van der Waals surface area contributed by atoms with Crippen LogP contribution in [-0.2, 0) is 4.74 Å². The number of nitrogens with zero attached hydrogens (tertiary/aromatic N) is 1. The zero-order valence-corrected chi connectivity index (χ0v) is 9.41. The fraction of sp³-hybridized carbons (Fsp3) is 0.364. The van der Waals surface area contributed by atoms with Gasteiger partial charge in [-0.1, -0.05) is 11.6 Å². The van der Waals surface area contributed by atoms with Crippen molar-refractivity contribution in [1.29, 1.82) is 5.26 Å². The van der Waals surface area contributed by atoms with Crippen LogP contribution in [0.4, 0.5) is 0 Å². The van der Waals surface area contributed by atoms with E-state index < -0.39 is 0 Å². The van der Waals surface area contributed by atoms with Crippen LogP contribution < -0.4 is 4.74 Å². The smallest absolute Gasteiger partial charge is 0.120 e. The normalized spacial score (nSPS) is 9.81. The summed E-state index contributed by atoms with van der Waals surface area (Å²) in [6.07, 6.45) is 0. The van der Waals surface area contributed by atoms with E-state index >= 15 is 0 Å². The number of aliphatic hydroxyl groups excluding tert-OH is 1. The van der Waals surface area contributed by atoms with Gasteiger partial charge in [-0.05, 0) is 12.1 Å². The van der Waals surface area contributed by atoms with Crippen LogP contribution >= 0.6 is 11.6 Å². The molecule has 0 fully saturated rings. The maximum absolute atomic E-state index is 8.66. The maximum Gasteiger partial charge on any atom is 0.120 e. The maximum atomic E-state index is 8.66. The average molecular weight is 242 g/mol. The third-order valence-electron chi connectivity index (χ3n) is 1.79. The largest absolute Gasteiger partial charge is 0.491 e. The highest BCUT2D eigenvalue weighted by molar-refractivity contribution is 6.31. The van der Waals surface area contributed by atoms with Crippen molar-refractivity contribution < 1.29 is 14.6 Å². The van der Waals surface area contributed by atoms with Gasteiger partial charge in [-0.15, -0.1) is 0 Å². The monoisotopic (exact) mass is 241 g/mol. The molecule has 0 aliphatic heterocycles. The molecular formula is C11H12ClNO3. The van der Waals surface area contributed by atoms with Crippen molar-refractivity contribution in [2.45, 2.75) is 0 Å². The molecule has 0 saturated heterocycles. The molecule has 0 aliphatic carbocycles. The molecule has 1 aromatic carbocycles. The van der Waals surface area contributed by atoms with Crippen molar-refractivity contribution in [3.05, 3.63) is 28.8 Å². The van der Waals surface area contributed by atoms with Crippen molar-refractivity contribution in [2.75, 3.05) is 26.4 Å². The molecule has 0 aliphatic rings. The Morgan fingerprint density at radius 1 is 1.31 bits per heavy atom. The molecule has 4 nitrogen and oxygen atoms in total. The Hall–Kier alpha value is -1.28. The molecule has 0 radical (unpaired) electrons. The molecule has 0 atom stereocenters. The minimum atomic E-state index is 0.00267. The lowest BCUT2D eigenvalue weighted by Crippen LogP contribution is -2.09. The summed E-state index contributed by atoms with van der Waals surface area (Å²) in [5.41, 5.74) is 0.422. The summed E-state index contributed by atoms with van der Waals surface area (Å²) >= 11 is 5.83. The SMILES string of the molecule is N#Cc1ccc(OCCOCCO)cc1Cl. The summed E-state index contributed by atoms with van der Waals surface area (Å²) in [4.78, 5) is 0. The lowest BCUT2D eigenvalue weighted by Gasteiger charge is -2.07. The Morgan fingerprint density at radius 2 is 2.12 bits per heavy atom. The van der Waals surface area contributed by atoms with E-state index in [1.165, 1.54) is 0 Å². The standard InChI is InChI=1S/C11H12ClNO3/c12-11-7-10(2-1-9(11)8-13)16-6-5-15-4-3-14/h1-2,7,14H,3-6H2. The summed E-state index contributed by atoms with van der Waals surface area (Å²) < 4.78 is 10.4. The van der Waals surface area contributed by atoms with E-state index in [0.29, 0.717) is 36.2 Å². The topological polar surface area (TPSA) is 62.5 Å².